The highest BCUT2D eigenvalue weighted by Crippen LogP contribution is 2.28. The summed E-state index contributed by atoms with van der Waals surface area (Å²) >= 11 is 0. The van der Waals surface area contributed by atoms with E-state index in [1.807, 2.05) is 24.3 Å². The Morgan fingerprint density at radius 3 is 1.77 bits per heavy atom. The standard InChI is InChI=1S/C47H50N4O10/c1-3-43(52)58-29-13-7-5-11-27-56-38-21-17-34(18-22-38)46(54)60-40-25-26-42(37(31-40)33-49-51-45-41-16-10-9-15-36(41)32-48-50-45)61-47(55)35-19-23-39(24-20-35)57-28-12-6-8-14-30-59-44(53)4-2/h3-4,9-10,15-26,31-33,41,45,51H,1-2,5-8,11-14,27-30H2/b49-33+. The number of benzene rings is 3. The largest absolute Gasteiger partial charge is 0.494 e. The number of rotatable bonds is 25. The van der Waals surface area contributed by atoms with Crippen LogP contribution in [0.3, 0.4) is 0 Å². The van der Waals surface area contributed by atoms with Crippen LogP contribution in [-0.4, -0.2) is 62.7 Å². The number of hydrazone groups is 1. The first-order valence-electron chi connectivity index (χ1n) is 20.2. The molecule has 0 saturated carbocycles. The van der Waals surface area contributed by atoms with Crippen molar-refractivity contribution in [2.45, 2.75) is 57.5 Å². The first-order chi connectivity index (χ1) is 29.8. The molecule has 1 aliphatic carbocycles. The molecule has 0 radical (unpaired) electrons. The highest BCUT2D eigenvalue weighted by atomic mass is 16.5. The molecular weight excluding hydrogens is 781 g/mol. The van der Waals surface area contributed by atoms with E-state index in [0.29, 0.717) is 54.6 Å². The molecule has 14 heteroatoms. The van der Waals surface area contributed by atoms with Gasteiger partial charge in [-0.15, -0.1) is 0 Å². The second kappa shape index (κ2) is 24.7. The summed E-state index contributed by atoms with van der Waals surface area (Å²) in [6.45, 7) is 8.49. The third-order valence-electron chi connectivity index (χ3n) is 9.26. The van der Waals surface area contributed by atoms with Crippen LogP contribution in [0.2, 0.25) is 0 Å². The molecule has 0 spiro atoms. The maximum atomic E-state index is 13.3. The van der Waals surface area contributed by atoms with Crippen molar-refractivity contribution in [1.82, 2.24) is 5.43 Å². The van der Waals surface area contributed by atoms with Crippen molar-refractivity contribution in [3.8, 4) is 23.0 Å². The second-order valence-corrected chi connectivity index (χ2v) is 13.8. The fourth-order valence-electron chi connectivity index (χ4n) is 5.96. The summed E-state index contributed by atoms with van der Waals surface area (Å²) < 4.78 is 33.1. The number of allylic oxidation sites excluding steroid dienone is 3. The molecule has 1 N–H and O–H groups in total. The Kier molecular flexibility index (Phi) is 18.3. The molecular formula is C47H50N4O10. The number of esters is 4. The highest BCUT2D eigenvalue weighted by molar-refractivity contribution is 5.94. The Hall–Kier alpha value is -7.09. The zero-order chi connectivity index (χ0) is 43.1. The lowest BCUT2D eigenvalue weighted by atomic mass is 9.92. The number of hydrogen-bond donors (Lipinski definition) is 1. The van der Waals surface area contributed by atoms with Gasteiger partial charge in [-0.05, 0) is 124 Å². The molecule has 3 aromatic carbocycles. The number of hydrogen-bond acceptors (Lipinski definition) is 14. The van der Waals surface area contributed by atoms with E-state index in [2.05, 4.69) is 33.9 Å². The number of azo groups is 1. The molecule has 3 aromatic rings. The Balaban J connectivity index is 1.16. The number of nitrogens with one attached hydrogen (secondary N) is 1. The van der Waals surface area contributed by atoms with Gasteiger partial charge in [-0.1, -0.05) is 37.5 Å². The molecule has 61 heavy (non-hydrogen) atoms. The number of ether oxygens (including phenoxy) is 6. The van der Waals surface area contributed by atoms with Gasteiger partial charge >= 0.3 is 23.9 Å². The molecule has 318 valence electrons. The summed E-state index contributed by atoms with van der Waals surface area (Å²) in [5.74, 6) is -0.506. The van der Waals surface area contributed by atoms with Crippen molar-refractivity contribution in [2.24, 2.45) is 21.2 Å². The maximum Gasteiger partial charge on any atom is 0.343 e. The van der Waals surface area contributed by atoms with E-state index in [9.17, 15) is 19.2 Å². The summed E-state index contributed by atoms with van der Waals surface area (Å²) in [4.78, 5) is 48.7. The topological polar surface area (TPSA) is 173 Å². The molecule has 0 saturated heterocycles. The molecule has 2 atom stereocenters. The normalized spacial score (nSPS) is 14.9. The van der Waals surface area contributed by atoms with Crippen LogP contribution in [0.5, 0.6) is 23.0 Å². The van der Waals surface area contributed by atoms with Crippen LogP contribution in [-0.2, 0) is 19.1 Å². The molecule has 0 aromatic heterocycles. The van der Waals surface area contributed by atoms with Gasteiger partial charge in [0.2, 0.25) is 0 Å². The third kappa shape index (κ3) is 15.2. The monoisotopic (exact) mass is 830 g/mol. The zero-order valence-electron chi connectivity index (χ0n) is 33.9. The number of nitrogens with zero attached hydrogens (tertiary/aromatic N) is 3. The van der Waals surface area contributed by atoms with E-state index >= 15 is 0 Å². The van der Waals surface area contributed by atoms with Crippen molar-refractivity contribution >= 4 is 30.1 Å². The van der Waals surface area contributed by atoms with Gasteiger partial charge in [-0.2, -0.15) is 15.3 Å². The summed E-state index contributed by atoms with van der Waals surface area (Å²) in [6.07, 6.45) is 19.7. The van der Waals surface area contributed by atoms with Gasteiger partial charge in [0.25, 0.3) is 0 Å². The molecule has 0 amide bonds. The smallest absolute Gasteiger partial charge is 0.343 e. The van der Waals surface area contributed by atoms with Crippen molar-refractivity contribution in [1.29, 1.82) is 0 Å². The van der Waals surface area contributed by atoms with Crippen LogP contribution < -0.4 is 24.4 Å². The second-order valence-electron chi connectivity index (χ2n) is 13.8. The third-order valence-corrected chi connectivity index (χ3v) is 9.26. The first kappa shape index (κ1) is 45.0. The van der Waals surface area contributed by atoms with Crippen molar-refractivity contribution in [3.63, 3.8) is 0 Å². The molecule has 0 fully saturated rings. The van der Waals surface area contributed by atoms with Gasteiger partial charge in [-0.25, -0.2) is 19.2 Å². The molecule has 1 aliphatic heterocycles. The SMILES string of the molecule is C=CC(=O)OCCCCCCOc1ccc(C(=O)Oc2ccc(OC(=O)c3ccc(OCCCCCCOC(=O)C=C)cc3)c(/C=N/NC3N=NC=C4C=CC=CC43)c2)cc1. The minimum Gasteiger partial charge on any atom is -0.494 e. The van der Waals surface area contributed by atoms with E-state index < -0.39 is 30.0 Å². The lowest BCUT2D eigenvalue weighted by molar-refractivity contribution is -0.138. The molecule has 0 bridgehead atoms. The van der Waals surface area contributed by atoms with Crippen molar-refractivity contribution in [2.75, 3.05) is 26.4 Å². The molecule has 2 aliphatic rings. The van der Waals surface area contributed by atoms with E-state index in [0.717, 1.165) is 69.1 Å². The van der Waals surface area contributed by atoms with E-state index in [-0.39, 0.29) is 17.4 Å². The zero-order valence-corrected chi connectivity index (χ0v) is 33.9. The van der Waals surface area contributed by atoms with Gasteiger partial charge in [0, 0.05) is 23.6 Å². The molecule has 14 nitrogen and oxygen atoms in total. The van der Waals surface area contributed by atoms with Crippen molar-refractivity contribution < 1.29 is 47.6 Å². The summed E-state index contributed by atoms with van der Waals surface area (Å²) in [7, 11) is 0. The van der Waals surface area contributed by atoms with Gasteiger partial charge in [0.15, 0.2) is 6.17 Å². The van der Waals surface area contributed by atoms with Crippen LogP contribution >= 0.6 is 0 Å². The predicted molar refractivity (Wildman–Crippen MR) is 229 cm³/mol. The number of unbranched alkanes of at least 4 members (excludes halogenated alkanes) is 6. The van der Waals surface area contributed by atoms with Gasteiger partial charge in [-0.3, -0.25) is 5.43 Å². The number of fused-ring (bicyclic) bond motifs is 1. The van der Waals surface area contributed by atoms with Crippen LogP contribution in [0.4, 0.5) is 0 Å². The fourth-order valence-corrected chi connectivity index (χ4v) is 5.96. The lowest BCUT2D eigenvalue weighted by Crippen LogP contribution is -2.32. The Labute approximate surface area is 355 Å². The quantitative estimate of drug-likeness (QED) is 0.0216. The summed E-state index contributed by atoms with van der Waals surface area (Å²) in [5.41, 5.74) is 4.98. The average Bonchev–Trinajstić information content (AvgIpc) is 3.29. The van der Waals surface area contributed by atoms with Gasteiger partial charge < -0.3 is 28.4 Å². The average molecular weight is 831 g/mol. The number of carbonyl (C=O) groups is 4. The van der Waals surface area contributed by atoms with Crippen LogP contribution in [0.1, 0.15) is 77.6 Å². The Morgan fingerprint density at radius 1 is 0.656 bits per heavy atom. The van der Waals surface area contributed by atoms with E-state index in [1.165, 1.54) is 18.3 Å². The fraction of sp³-hybridized carbons (Fsp3) is 0.298. The van der Waals surface area contributed by atoms with Crippen molar-refractivity contribution in [3.05, 3.63) is 145 Å². The molecule has 2 unspecified atom stereocenters. The Morgan fingerprint density at radius 2 is 1.20 bits per heavy atom. The van der Waals surface area contributed by atoms with E-state index in [4.69, 9.17) is 28.4 Å². The van der Waals surface area contributed by atoms with Gasteiger partial charge in [0.05, 0.1) is 50.0 Å². The lowest BCUT2D eigenvalue weighted by Gasteiger charge is -2.24. The first-order valence-corrected chi connectivity index (χ1v) is 20.2. The minimum absolute atomic E-state index is 0.0689. The minimum atomic E-state index is -0.611. The highest BCUT2D eigenvalue weighted by Gasteiger charge is 2.25. The van der Waals surface area contributed by atoms with E-state index in [1.54, 1.807) is 60.8 Å². The predicted octanol–water partition coefficient (Wildman–Crippen LogP) is 8.80. The maximum absolute atomic E-state index is 13.3. The molecule has 1 heterocycles. The van der Waals surface area contributed by atoms with Crippen LogP contribution in [0.25, 0.3) is 0 Å². The van der Waals surface area contributed by atoms with Crippen LogP contribution in [0, 0.1) is 5.92 Å². The van der Waals surface area contributed by atoms with Crippen LogP contribution in [0.15, 0.2) is 143 Å². The Bertz CT molecular complexity index is 2120. The number of carbonyl (C=O) groups excluding carboxylic acids is 4. The molecule has 5 rings (SSSR count). The van der Waals surface area contributed by atoms with Gasteiger partial charge in [0.1, 0.15) is 23.0 Å². The summed E-state index contributed by atoms with van der Waals surface area (Å²) in [6, 6.07) is 17.9. The summed E-state index contributed by atoms with van der Waals surface area (Å²) in [5, 5.41) is 12.8.